The molecule has 3 aromatic rings. The summed E-state index contributed by atoms with van der Waals surface area (Å²) in [6, 6.07) is 11.1. The second-order valence-corrected chi connectivity index (χ2v) is 7.39. The molecular weight excluding hydrogens is 321 g/mol. The summed E-state index contributed by atoms with van der Waals surface area (Å²) in [6.45, 7) is 4.12. The van der Waals surface area contributed by atoms with Crippen LogP contribution in [0.15, 0.2) is 46.6 Å². The van der Waals surface area contributed by atoms with E-state index in [1.54, 1.807) is 23.5 Å². The highest BCUT2D eigenvalue weighted by atomic mass is 32.1. The summed E-state index contributed by atoms with van der Waals surface area (Å²) in [7, 11) is 0. The van der Waals surface area contributed by atoms with E-state index in [1.807, 2.05) is 30.5 Å². The van der Waals surface area contributed by atoms with Gasteiger partial charge in [0.05, 0.1) is 0 Å². The average molecular weight is 339 g/mol. The summed E-state index contributed by atoms with van der Waals surface area (Å²) >= 11 is 1.58. The second-order valence-electron chi connectivity index (χ2n) is 6.48. The lowest BCUT2D eigenvalue weighted by atomic mass is 9.96. The topological polar surface area (TPSA) is 20.3 Å². The van der Waals surface area contributed by atoms with Crippen LogP contribution in [0.2, 0.25) is 0 Å². The van der Waals surface area contributed by atoms with Crippen LogP contribution in [0.1, 0.15) is 24.5 Å². The molecule has 1 unspecified atom stereocenters. The number of anilines is 2. The predicted molar refractivity (Wildman–Crippen MR) is 99.2 cm³/mol. The Morgan fingerprint density at radius 1 is 1.17 bits per heavy atom. The minimum atomic E-state index is -0.220. The molecule has 0 fully saturated rings. The van der Waals surface area contributed by atoms with E-state index >= 15 is 0 Å². The van der Waals surface area contributed by atoms with E-state index in [0.29, 0.717) is 5.69 Å². The van der Waals surface area contributed by atoms with Crippen LogP contribution in [0.25, 0.3) is 10.1 Å². The molecule has 0 N–H and O–H groups in total. The molecule has 0 bridgehead atoms. The van der Waals surface area contributed by atoms with Crippen molar-refractivity contribution in [1.29, 1.82) is 0 Å². The highest BCUT2D eigenvalue weighted by Gasteiger charge is 2.27. The molecule has 0 spiro atoms. The number of halogens is 1. The molecule has 1 aromatic heterocycles. The van der Waals surface area contributed by atoms with Gasteiger partial charge in [-0.15, -0.1) is 11.3 Å². The molecule has 0 saturated carbocycles. The monoisotopic (exact) mass is 339 g/mol. The van der Waals surface area contributed by atoms with Gasteiger partial charge in [-0.2, -0.15) is 0 Å². The number of nitrogens with zero attached hydrogens (tertiary/aromatic N) is 1. The van der Waals surface area contributed by atoms with Crippen molar-refractivity contribution in [3.8, 4) is 0 Å². The number of hydrogen-bond acceptors (Lipinski definition) is 3. The van der Waals surface area contributed by atoms with Crippen LogP contribution in [0.3, 0.4) is 0 Å². The fourth-order valence-corrected chi connectivity index (χ4v) is 4.37. The zero-order valence-corrected chi connectivity index (χ0v) is 14.5. The summed E-state index contributed by atoms with van der Waals surface area (Å²) < 4.78 is 14.6. The molecule has 1 aliphatic rings. The lowest BCUT2D eigenvalue weighted by Crippen LogP contribution is -2.36. The third-order valence-electron chi connectivity index (χ3n) is 4.74. The second kappa shape index (κ2) is 5.71. The molecule has 4 heteroatoms. The first-order valence-corrected chi connectivity index (χ1v) is 9.02. The Balaban J connectivity index is 1.94. The third-order valence-corrected chi connectivity index (χ3v) is 5.69. The molecule has 0 saturated heterocycles. The normalized spacial score (nSPS) is 17.1. The molecule has 2 heterocycles. The molecule has 122 valence electrons. The molecule has 4 rings (SSSR count). The van der Waals surface area contributed by atoms with Crippen LogP contribution in [-0.4, -0.2) is 6.04 Å². The first-order valence-electron chi connectivity index (χ1n) is 8.14. The smallest absolute Gasteiger partial charge is 0.211 e. The van der Waals surface area contributed by atoms with E-state index in [2.05, 4.69) is 11.8 Å². The molecule has 1 atom stereocenters. The summed E-state index contributed by atoms with van der Waals surface area (Å²) in [5.74, 6) is -0.220. The molecule has 0 amide bonds. The van der Waals surface area contributed by atoms with Gasteiger partial charge in [-0.1, -0.05) is 11.6 Å². The van der Waals surface area contributed by atoms with Crippen LogP contribution in [-0.2, 0) is 6.42 Å². The molecule has 0 radical (unpaired) electrons. The molecule has 0 aliphatic carbocycles. The van der Waals surface area contributed by atoms with Crippen molar-refractivity contribution >= 4 is 32.8 Å². The van der Waals surface area contributed by atoms with Crippen molar-refractivity contribution in [3.63, 3.8) is 0 Å². The maximum absolute atomic E-state index is 13.6. The van der Waals surface area contributed by atoms with E-state index in [9.17, 15) is 9.18 Å². The van der Waals surface area contributed by atoms with E-state index in [-0.39, 0.29) is 17.3 Å². The standard InChI is InChI=1S/C20H18FNOS/c1-12-3-8-19-16(9-12)20(23)18(11-24-19)22-13(2)4-5-14-10-15(21)6-7-17(14)22/h3,6-11,13H,4-5H2,1-2H3. The Bertz CT molecular complexity index is 995. The average Bonchev–Trinajstić information content (AvgIpc) is 2.57. The van der Waals surface area contributed by atoms with Crippen molar-refractivity contribution in [3.05, 3.63) is 68.9 Å². The van der Waals surface area contributed by atoms with E-state index in [4.69, 9.17) is 0 Å². The van der Waals surface area contributed by atoms with Crippen molar-refractivity contribution in [2.45, 2.75) is 32.7 Å². The number of rotatable bonds is 1. The van der Waals surface area contributed by atoms with Gasteiger partial charge >= 0.3 is 0 Å². The van der Waals surface area contributed by atoms with E-state index < -0.39 is 0 Å². The Hall–Kier alpha value is -2.20. The summed E-state index contributed by atoms with van der Waals surface area (Å²) in [6.07, 6.45) is 1.75. The molecule has 2 nitrogen and oxygen atoms in total. The summed E-state index contributed by atoms with van der Waals surface area (Å²) in [5.41, 5.74) is 3.75. The highest BCUT2D eigenvalue weighted by Crippen LogP contribution is 2.37. The van der Waals surface area contributed by atoms with Crippen LogP contribution in [0.4, 0.5) is 15.8 Å². The third kappa shape index (κ3) is 2.42. The van der Waals surface area contributed by atoms with Gasteiger partial charge in [0.15, 0.2) is 0 Å². The number of hydrogen-bond donors (Lipinski definition) is 0. The fraction of sp³-hybridized carbons (Fsp3) is 0.250. The Morgan fingerprint density at radius 2 is 2.00 bits per heavy atom. The van der Waals surface area contributed by atoms with Gasteiger partial charge in [-0.3, -0.25) is 4.79 Å². The van der Waals surface area contributed by atoms with Crippen molar-refractivity contribution in [1.82, 2.24) is 0 Å². The first kappa shape index (κ1) is 15.3. The first-order chi connectivity index (χ1) is 11.5. The molecule has 2 aromatic carbocycles. The van der Waals surface area contributed by atoms with Crippen LogP contribution in [0, 0.1) is 12.7 Å². The summed E-state index contributed by atoms with van der Waals surface area (Å²) in [4.78, 5) is 15.2. The Kier molecular flexibility index (Phi) is 3.65. The maximum atomic E-state index is 13.6. The zero-order chi connectivity index (χ0) is 16.8. The number of benzene rings is 2. The van der Waals surface area contributed by atoms with Gasteiger partial charge in [0.25, 0.3) is 0 Å². The van der Waals surface area contributed by atoms with Crippen LogP contribution in [0.5, 0.6) is 0 Å². The van der Waals surface area contributed by atoms with Gasteiger partial charge in [-0.25, -0.2) is 4.39 Å². The molecular formula is C20H18FNOS. The summed E-state index contributed by atoms with van der Waals surface area (Å²) in [5, 5.41) is 2.70. The predicted octanol–water partition coefficient (Wildman–Crippen LogP) is 5.18. The highest BCUT2D eigenvalue weighted by molar-refractivity contribution is 7.16. The lowest BCUT2D eigenvalue weighted by Gasteiger charge is -2.36. The Morgan fingerprint density at radius 3 is 2.83 bits per heavy atom. The van der Waals surface area contributed by atoms with Gasteiger partial charge in [0, 0.05) is 27.2 Å². The molecule has 24 heavy (non-hydrogen) atoms. The van der Waals surface area contributed by atoms with Gasteiger partial charge < -0.3 is 4.90 Å². The number of fused-ring (bicyclic) bond motifs is 2. The largest absolute Gasteiger partial charge is 0.335 e. The van der Waals surface area contributed by atoms with Gasteiger partial charge in [0.1, 0.15) is 11.5 Å². The van der Waals surface area contributed by atoms with Crippen LogP contribution >= 0.6 is 11.3 Å². The van der Waals surface area contributed by atoms with Gasteiger partial charge in [0.2, 0.25) is 5.43 Å². The minimum absolute atomic E-state index is 0.0523. The minimum Gasteiger partial charge on any atom is -0.335 e. The zero-order valence-electron chi connectivity index (χ0n) is 13.7. The Labute approximate surface area is 144 Å². The lowest BCUT2D eigenvalue weighted by molar-refractivity contribution is 0.598. The van der Waals surface area contributed by atoms with Gasteiger partial charge in [-0.05, 0) is 62.6 Å². The fourth-order valence-electron chi connectivity index (χ4n) is 3.49. The molecule has 1 aliphatic heterocycles. The van der Waals surface area contributed by atoms with Crippen molar-refractivity contribution in [2.24, 2.45) is 0 Å². The quantitative estimate of drug-likeness (QED) is 0.609. The maximum Gasteiger partial charge on any atom is 0.211 e. The van der Waals surface area contributed by atoms with Crippen molar-refractivity contribution < 1.29 is 4.39 Å². The van der Waals surface area contributed by atoms with E-state index in [0.717, 1.165) is 39.7 Å². The number of aryl methyl sites for hydroxylation is 2. The SMILES string of the molecule is Cc1ccc2scc(N3c4ccc(F)cc4CCC3C)c(=O)c2c1. The van der Waals surface area contributed by atoms with E-state index in [1.165, 1.54) is 6.07 Å². The van der Waals surface area contributed by atoms with Crippen LogP contribution < -0.4 is 10.3 Å². The van der Waals surface area contributed by atoms with Crippen molar-refractivity contribution in [2.75, 3.05) is 4.90 Å².